The Balaban J connectivity index is 3.00. The number of anilines is 1. The van der Waals surface area contributed by atoms with Crippen molar-refractivity contribution in [3.05, 3.63) is 11.9 Å². The highest BCUT2D eigenvalue weighted by Crippen LogP contribution is 2.17. The molecule has 0 atom stereocenters. The summed E-state index contributed by atoms with van der Waals surface area (Å²) in [7, 11) is 1.84. The van der Waals surface area contributed by atoms with Gasteiger partial charge in [0.05, 0.1) is 6.61 Å². The number of nitrogens with one attached hydrogen (secondary N) is 1. The van der Waals surface area contributed by atoms with Gasteiger partial charge in [0.1, 0.15) is 11.6 Å². The number of nitrogens with zero attached hydrogens (tertiary/aromatic N) is 2. The summed E-state index contributed by atoms with van der Waals surface area (Å²) in [4.78, 5) is 8.63. The molecule has 0 spiro atoms. The number of hydrogen-bond acceptors (Lipinski definition) is 4. The van der Waals surface area contributed by atoms with Crippen molar-refractivity contribution in [1.82, 2.24) is 9.97 Å². The molecule has 4 heteroatoms. The van der Waals surface area contributed by atoms with Crippen molar-refractivity contribution in [3.63, 3.8) is 0 Å². The first-order valence-electron chi connectivity index (χ1n) is 4.87. The van der Waals surface area contributed by atoms with E-state index in [0.29, 0.717) is 18.4 Å². The lowest BCUT2D eigenvalue weighted by molar-refractivity contribution is 0.324. The second kappa shape index (κ2) is 4.79. The highest BCUT2D eigenvalue weighted by molar-refractivity contribution is 5.37. The summed E-state index contributed by atoms with van der Waals surface area (Å²) >= 11 is 0. The molecule has 0 aliphatic carbocycles. The SMILES string of the molecule is CCOc1cc(NC)nc(C(C)C)n1. The summed E-state index contributed by atoms with van der Waals surface area (Å²) in [6.07, 6.45) is 0. The molecule has 0 aliphatic heterocycles. The van der Waals surface area contributed by atoms with E-state index in [1.807, 2.05) is 14.0 Å². The molecule has 0 radical (unpaired) electrons. The highest BCUT2D eigenvalue weighted by Gasteiger charge is 2.07. The van der Waals surface area contributed by atoms with Gasteiger partial charge in [-0.25, -0.2) is 4.98 Å². The minimum Gasteiger partial charge on any atom is -0.478 e. The van der Waals surface area contributed by atoms with Gasteiger partial charge in [-0.2, -0.15) is 4.98 Å². The van der Waals surface area contributed by atoms with Crippen LogP contribution in [0.2, 0.25) is 0 Å². The summed E-state index contributed by atoms with van der Waals surface area (Å²) in [5, 5.41) is 2.99. The van der Waals surface area contributed by atoms with E-state index >= 15 is 0 Å². The summed E-state index contributed by atoms with van der Waals surface area (Å²) in [6.45, 7) is 6.68. The maximum atomic E-state index is 5.35. The molecule has 0 bridgehead atoms. The molecule has 0 saturated carbocycles. The van der Waals surface area contributed by atoms with Crippen LogP contribution in [-0.4, -0.2) is 23.6 Å². The van der Waals surface area contributed by atoms with Crippen LogP contribution in [0.25, 0.3) is 0 Å². The first kappa shape index (κ1) is 10.8. The fraction of sp³-hybridized carbons (Fsp3) is 0.600. The molecular formula is C10H17N3O. The van der Waals surface area contributed by atoms with Crippen molar-refractivity contribution in [2.24, 2.45) is 0 Å². The van der Waals surface area contributed by atoms with Crippen LogP contribution >= 0.6 is 0 Å². The standard InChI is InChI=1S/C10H17N3O/c1-5-14-9-6-8(11-4)12-10(13-9)7(2)3/h6-7H,5H2,1-4H3,(H,11,12,13). The lowest BCUT2D eigenvalue weighted by Crippen LogP contribution is -2.04. The molecule has 1 rings (SSSR count). The van der Waals surface area contributed by atoms with Gasteiger partial charge in [-0.05, 0) is 6.92 Å². The van der Waals surface area contributed by atoms with Crippen molar-refractivity contribution in [2.75, 3.05) is 19.0 Å². The van der Waals surface area contributed by atoms with Crippen LogP contribution in [-0.2, 0) is 0 Å². The first-order chi connectivity index (χ1) is 6.67. The average molecular weight is 195 g/mol. The minimum absolute atomic E-state index is 0.308. The van der Waals surface area contributed by atoms with Crippen LogP contribution < -0.4 is 10.1 Å². The monoisotopic (exact) mass is 195 g/mol. The fourth-order valence-electron chi connectivity index (χ4n) is 1.05. The van der Waals surface area contributed by atoms with Crippen molar-refractivity contribution in [1.29, 1.82) is 0 Å². The molecule has 0 fully saturated rings. The van der Waals surface area contributed by atoms with Gasteiger partial charge in [0.15, 0.2) is 0 Å². The molecule has 4 nitrogen and oxygen atoms in total. The van der Waals surface area contributed by atoms with E-state index in [9.17, 15) is 0 Å². The largest absolute Gasteiger partial charge is 0.478 e. The van der Waals surface area contributed by atoms with E-state index in [4.69, 9.17) is 4.74 Å². The maximum Gasteiger partial charge on any atom is 0.218 e. The molecule has 1 aromatic rings. The quantitative estimate of drug-likeness (QED) is 0.798. The third-order valence-electron chi connectivity index (χ3n) is 1.78. The van der Waals surface area contributed by atoms with Gasteiger partial charge in [-0.3, -0.25) is 0 Å². The van der Waals surface area contributed by atoms with Crippen molar-refractivity contribution in [3.8, 4) is 5.88 Å². The molecule has 0 aliphatic rings. The predicted molar refractivity (Wildman–Crippen MR) is 56.8 cm³/mol. The molecule has 0 aromatic carbocycles. The van der Waals surface area contributed by atoms with Crippen LogP contribution in [0.4, 0.5) is 5.82 Å². The molecule has 1 heterocycles. The molecular weight excluding hydrogens is 178 g/mol. The normalized spacial score (nSPS) is 10.4. The van der Waals surface area contributed by atoms with Crippen molar-refractivity contribution >= 4 is 5.82 Å². The number of hydrogen-bond donors (Lipinski definition) is 1. The number of ether oxygens (including phenoxy) is 1. The smallest absolute Gasteiger partial charge is 0.218 e. The Hall–Kier alpha value is -1.32. The summed E-state index contributed by atoms with van der Waals surface area (Å²) in [5.74, 6) is 2.55. The highest BCUT2D eigenvalue weighted by atomic mass is 16.5. The van der Waals surface area contributed by atoms with Gasteiger partial charge >= 0.3 is 0 Å². The Morgan fingerprint density at radius 1 is 1.43 bits per heavy atom. The summed E-state index contributed by atoms with van der Waals surface area (Å²) in [5.41, 5.74) is 0. The Morgan fingerprint density at radius 3 is 2.64 bits per heavy atom. The van der Waals surface area contributed by atoms with Gasteiger partial charge in [0, 0.05) is 19.0 Å². The zero-order valence-corrected chi connectivity index (χ0v) is 9.16. The molecule has 14 heavy (non-hydrogen) atoms. The van der Waals surface area contributed by atoms with E-state index in [1.54, 1.807) is 6.07 Å². The maximum absolute atomic E-state index is 5.35. The van der Waals surface area contributed by atoms with Crippen LogP contribution in [0, 0.1) is 0 Å². The van der Waals surface area contributed by atoms with Crippen molar-refractivity contribution in [2.45, 2.75) is 26.7 Å². The first-order valence-corrected chi connectivity index (χ1v) is 4.87. The van der Waals surface area contributed by atoms with Crippen LogP contribution in [0.1, 0.15) is 32.5 Å². The molecule has 78 valence electrons. The van der Waals surface area contributed by atoms with E-state index in [0.717, 1.165) is 11.6 Å². The van der Waals surface area contributed by atoms with Gasteiger partial charge < -0.3 is 10.1 Å². The second-order valence-corrected chi connectivity index (χ2v) is 3.29. The minimum atomic E-state index is 0.308. The molecule has 0 saturated heterocycles. The summed E-state index contributed by atoms with van der Waals surface area (Å²) in [6, 6.07) is 1.80. The van der Waals surface area contributed by atoms with Gasteiger partial charge in [-0.1, -0.05) is 13.8 Å². The second-order valence-electron chi connectivity index (χ2n) is 3.29. The Morgan fingerprint density at radius 2 is 2.14 bits per heavy atom. The fourth-order valence-corrected chi connectivity index (χ4v) is 1.05. The number of rotatable bonds is 4. The predicted octanol–water partition coefficient (Wildman–Crippen LogP) is 2.04. The Bertz CT molecular complexity index is 299. The van der Waals surface area contributed by atoms with Gasteiger partial charge in [-0.15, -0.1) is 0 Å². The zero-order chi connectivity index (χ0) is 10.6. The topological polar surface area (TPSA) is 47.0 Å². The van der Waals surface area contributed by atoms with Crippen LogP contribution in [0.3, 0.4) is 0 Å². The number of aromatic nitrogens is 2. The van der Waals surface area contributed by atoms with E-state index in [1.165, 1.54) is 0 Å². The average Bonchev–Trinajstić information content (AvgIpc) is 2.17. The zero-order valence-electron chi connectivity index (χ0n) is 9.16. The van der Waals surface area contributed by atoms with Gasteiger partial charge in [0.2, 0.25) is 5.88 Å². The third kappa shape index (κ3) is 2.58. The van der Waals surface area contributed by atoms with E-state index in [2.05, 4.69) is 29.1 Å². The van der Waals surface area contributed by atoms with Gasteiger partial charge in [0.25, 0.3) is 0 Å². The Labute approximate surface area is 84.7 Å². The Kier molecular flexibility index (Phi) is 3.68. The lowest BCUT2D eigenvalue weighted by atomic mass is 10.2. The van der Waals surface area contributed by atoms with Crippen LogP contribution in [0.5, 0.6) is 5.88 Å². The van der Waals surface area contributed by atoms with Crippen LogP contribution in [0.15, 0.2) is 6.07 Å². The molecule has 1 aromatic heterocycles. The molecule has 0 amide bonds. The third-order valence-corrected chi connectivity index (χ3v) is 1.78. The lowest BCUT2D eigenvalue weighted by Gasteiger charge is -2.09. The van der Waals surface area contributed by atoms with E-state index < -0.39 is 0 Å². The van der Waals surface area contributed by atoms with E-state index in [-0.39, 0.29) is 0 Å². The molecule has 1 N–H and O–H groups in total. The molecule has 0 unspecified atom stereocenters. The van der Waals surface area contributed by atoms with Crippen molar-refractivity contribution < 1.29 is 4.74 Å². The summed E-state index contributed by atoms with van der Waals surface area (Å²) < 4.78 is 5.35.